The Morgan fingerprint density at radius 2 is 1.40 bits per heavy atom. The number of likely N-dealkylation sites (N-methyl/N-ethyl adjacent to an activating group) is 1. The molecule has 106 valence electrons. The van der Waals surface area contributed by atoms with Gasteiger partial charge in [-0.15, -0.1) is 0 Å². The molecule has 0 radical (unpaired) electrons. The molecule has 0 amide bonds. The molecule has 0 spiro atoms. The Kier molecular flexibility index (Phi) is 4.80. The normalized spacial score (nSPS) is 10.8. The smallest absolute Gasteiger partial charge is 0.0606 e. The van der Waals surface area contributed by atoms with Crippen molar-refractivity contribution in [1.29, 1.82) is 0 Å². The van der Waals surface area contributed by atoms with Crippen molar-refractivity contribution in [3.63, 3.8) is 0 Å². The van der Waals surface area contributed by atoms with E-state index >= 15 is 0 Å². The summed E-state index contributed by atoms with van der Waals surface area (Å²) in [5.41, 5.74) is 4.96. The molecule has 0 aliphatic carbocycles. The summed E-state index contributed by atoms with van der Waals surface area (Å²) < 4.78 is 0. The van der Waals surface area contributed by atoms with Gasteiger partial charge in [0, 0.05) is 19.3 Å². The molecule has 0 atom stereocenters. The molecule has 2 aromatic rings. The van der Waals surface area contributed by atoms with E-state index in [1.807, 2.05) is 11.9 Å². The zero-order chi connectivity index (χ0) is 14.5. The summed E-state index contributed by atoms with van der Waals surface area (Å²) in [5, 5.41) is 8.96. The van der Waals surface area contributed by atoms with E-state index in [0.717, 1.165) is 5.69 Å². The van der Waals surface area contributed by atoms with Crippen LogP contribution in [0, 0.1) is 0 Å². The Labute approximate surface area is 121 Å². The van der Waals surface area contributed by atoms with E-state index in [4.69, 9.17) is 5.11 Å². The monoisotopic (exact) mass is 269 g/mol. The van der Waals surface area contributed by atoms with Crippen LogP contribution < -0.4 is 4.90 Å². The lowest BCUT2D eigenvalue weighted by Gasteiger charge is -2.18. The summed E-state index contributed by atoms with van der Waals surface area (Å²) in [6, 6.07) is 17.2. The van der Waals surface area contributed by atoms with Crippen LogP contribution in [0.3, 0.4) is 0 Å². The molecule has 0 aliphatic heterocycles. The lowest BCUT2D eigenvalue weighted by atomic mass is 9.99. The zero-order valence-electron chi connectivity index (χ0n) is 12.5. The maximum atomic E-state index is 8.96. The van der Waals surface area contributed by atoms with Crippen LogP contribution in [0.25, 0.3) is 11.1 Å². The summed E-state index contributed by atoms with van der Waals surface area (Å²) in [6.45, 7) is 5.25. The number of anilines is 1. The Hall–Kier alpha value is -1.80. The van der Waals surface area contributed by atoms with Gasteiger partial charge >= 0.3 is 0 Å². The first-order valence-electron chi connectivity index (χ1n) is 7.14. The minimum atomic E-state index is 0.176. The number of aliphatic hydroxyl groups is 1. The third-order valence-corrected chi connectivity index (χ3v) is 3.65. The third-order valence-electron chi connectivity index (χ3n) is 3.65. The molecule has 2 heteroatoms. The van der Waals surface area contributed by atoms with E-state index in [9.17, 15) is 0 Å². The molecule has 2 aromatic carbocycles. The number of hydrogen-bond donors (Lipinski definition) is 1. The fraction of sp³-hybridized carbons (Fsp3) is 0.333. The van der Waals surface area contributed by atoms with Crippen LogP contribution in [0.5, 0.6) is 0 Å². The van der Waals surface area contributed by atoms with Crippen molar-refractivity contribution in [2.75, 3.05) is 25.1 Å². The molecule has 0 heterocycles. The molecule has 0 fully saturated rings. The van der Waals surface area contributed by atoms with E-state index in [0.29, 0.717) is 12.5 Å². The van der Waals surface area contributed by atoms with Gasteiger partial charge in [-0.2, -0.15) is 0 Å². The lowest BCUT2D eigenvalue weighted by Crippen LogP contribution is -2.20. The van der Waals surface area contributed by atoms with Gasteiger partial charge in [-0.3, -0.25) is 0 Å². The van der Waals surface area contributed by atoms with E-state index in [1.54, 1.807) is 0 Å². The predicted octanol–water partition coefficient (Wildman–Crippen LogP) is 3.91. The molecule has 0 aliphatic rings. The van der Waals surface area contributed by atoms with E-state index in [1.165, 1.54) is 16.7 Å². The molecule has 20 heavy (non-hydrogen) atoms. The van der Waals surface area contributed by atoms with Gasteiger partial charge < -0.3 is 10.0 Å². The van der Waals surface area contributed by atoms with E-state index < -0.39 is 0 Å². The standard InChI is InChI=1S/C18H23NO/c1-14(2)15-4-6-16(7-5-15)17-8-10-18(11-9-17)19(3)12-13-20/h4-11,14,20H,12-13H2,1-3H3. The summed E-state index contributed by atoms with van der Waals surface area (Å²) in [7, 11) is 1.99. The number of benzene rings is 2. The molecular formula is C18H23NO. The number of nitrogens with zero attached hydrogens (tertiary/aromatic N) is 1. The average molecular weight is 269 g/mol. The third kappa shape index (κ3) is 3.40. The number of rotatable bonds is 5. The van der Waals surface area contributed by atoms with Gasteiger partial charge in [0.05, 0.1) is 6.61 Å². The molecule has 0 aromatic heterocycles. The van der Waals surface area contributed by atoms with Crippen molar-refractivity contribution in [3.8, 4) is 11.1 Å². The second kappa shape index (κ2) is 6.58. The average Bonchev–Trinajstić information content (AvgIpc) is 2.48. The van der Waals surface area contributed by atoms with Gasteiger partial charge in [0.2, 0.25) is 0 Å². The molecule has 2 nitrogen and oxygen atoms in total. The van der Waals surface area contributed by atoms with Crippen LogP contribution in [-0.4, -0.2) is 25.3 Å². The first kappa shape index (κ1) is 14.6. The highest BCUT2D eigenvalue weighted by molar-refractivity contribution is 5.66. The minimum absolute atomic E-state index is 0.176. The first-order valence-corrected chi connectivity index (χ1v) is 7.14. The van der Waals surface area contributed by atoms with Crippen molar-refractivity contribution >= 4 is 5.69 Å². The highest BCUT2D eigenvalue weighted by atomic mass is 16.3. The van der Waals surface area contributed by atoms with Crippen molar-refractivity contribution < 1.29 is 5.11 Å². The van der Waals surface area contributed by atoms with Crippen molar-refractivity contribution in [1.82, 2.24) is 0 Å². The molecule has 2 rings (SSSR count). The van der Waals surface area contributed by atoms with Crippen LogP contribution in [0.15, 0.2) is 48.5 Å². The zero-order valence-corrected chi connectivity index (χ0v) is 12.5. The minimum Gasteiger partial charge on any atom is -0.395 e. The molecule has 0 bridgehead atoms. The highest BCUT2D eigenvalue weighted by Gasteiger charge is 2.03. The SMILES string of the molecule is CC(C)c1ccc(-c2ccc(N(C)CCO)cc2)cc1. The first-order chi connectivity index (χ1) is 9.61. The topological polar surface area (TPSA) is 23.5 Å². The van der Waals surface area contributed by atoms with Gasteiger partial charge in [-0.25, -0.2) is 0 Å². The Balaban J connectivity index is 2.17. The summed E-state index contributed by atoms with van der Waals surface area (Å²) in [6.07, 6.45) is 0. The summed E-state index contributed by atoms with van der Waals surface area (Å²) in [5.74, 6) is 0.568. The second-order valence-corrected chi connectivity index (χ2v) is 5.47. The van der Waals surface area contributed by atoms with E-state index in [-0.39, 0.29) is 6.61 Å². The summed E-state index contributed by atoms with van der Waals surface area (Å²) in [4.78, 5) is 2.05. The molecule has 0 saturated carbocycles. The summed E-state index contributed by atoms with van der Waals surface area (Å²) >= 11 is 0. The van der Waals surface area contributed by atoms with Crippen molar-refractivity contribution in [2.24, 2.45) is 0 Å². The Morgan fingerprint density at radius 3 is 1.85 bits per heavy atom. The van der Waals surface area contributed by atoms with Gasteiger partial charge in [0.25, 0.3) is 0 Å². The van der Waals surface area contributed by atoms with Crippen LogP contribution in [-0.2, 0) is 0 Å². The fourth-order valence-corrected chi connectivity index (χ4v) is 2.25. The Bertz CT molecular complexity index is 528. The van der Waals surface area contributed by atoms with Crippen molar-refractivity contribution in [2.45, 2.75) is 19.8 Å². The lowest BCUT2D eigenvalue weighted by molar-refractivity contribution is 0.304. The largest absolute Gasteiger partial charge is 0.395 e. The fourth-order valence-electron chi connectivity index (χ4n) is 2.25. The second-order valence-electron chi connectivity index (χ2n) is 5.47. The predicted molar refractivity (Wildman–Crippen MR) is 86.3 cm³/mol. The Morgan fingerprint density at radius 1 is 0.900 bits per heavy atom. The van der Waals surface area contributed by atoms with Gasteiger partial charge in [-0.05, 0) is 34.7 Å². The molecular weight excluding hydrogens is 246 g/mol. The van der Waals surface area contributed by atoms with Gasteiger partial charge in [0.1, 0.15) is 0 Å². The maximum Gasteiger partial charge on any atom is 0.0606 e. The van der Waals surface area contributed by atoms with Gasteiger partial charge in [-0.1, -0.05) is 50.2 Å². The molecule has 0 saturated heterocycles. The number of hydrogen-bond acceptors (Lipinski definition) is 2. The molecule has 0 unspecified atom stereocenters. The van der Waals surface area contributed by atoms with E-state index in [2.05, 4.69) is 62.4 Å². The van der Waals surface area contributed by atoms with Crippen molar-refractivity contribution in [3.05, 3.63) is 54.1 Å². The maximum absolute atomic E-state index is 8.96. The van der Waals surface area contributed by atoms with Crippen LogP contribution in [0.1, 0.15) is 25.3 Å². The van der Waals surface area contributed by atoms with Gasteiger partial charge in [0.15, 0.2) is 0 Å². The molecule has 1 N–H and O–H groups in total. The van der Waals surface area contributed by atoms with Crippen LogP contribution in [0.4, 0.5) is 5.69 Å². The highest BCUT2D eigenvalue weighted by Crippen LogP contribution is 2.24. The van der Waals surface area contributed by atoms with Crippen LogP contribution in [0.2, 0.25) is 0 Å². The number of aliphatic hydroxyl groups excluding tert-OH is 1. The van der Waals surface area contributed by atoms with Crippen LogP contribution >= 0.6 is 0 Å². The quantitative estimate of drug-likeness (QED) is 0.889.